The van der Waals surface area contributed by atoms with Gasteiger partial charge < -0.3 is 15.0 Å². The number of nitriles is 1. The first-order chi connectivity index (χ1) is 13.2. The van der Waals surface area contributed by atoms with Gasteiger partial charge in [0.1, 0.15) is 0 Å². The first kappa shape index (κ1) is 20.2. The predicted octanol–water partition coefficient (Wildman–Crippen LogP) is 2.43. The Morgan fingerprint density at radius 1 is 1.26 bits per heavy atom. The van der Waals surface area contributed by atoms with Crippen molar-refractivity contribution in [3.63, 3.8) is 0 Å². The van der Waals surface area contributed by atoms with Gasteiger partial charge in [0.2, 0.25) is 5.91 Å². The highest BCUT2D eigenvalue weighted by Crippen LogP contribution is 2.26. The number of nitrogens with zero attached hydrogens (tertiary/aromatic N) is 3. The summed E-state index contributed by atoms with van der Waals surface area (Å²) in [5.41, 5.74) is 0.778. The highest BCUT2D eigenvalue weighted by molar-refractivity contribution is 7.99. The molecule has 2 fully saturated rings. The number of hydrogen-bond acceptors (Lipinski definition) is 6. The summed E-state index contributed by atoms with van der Waals surface area (Å²) in [4.78, 5) is 18.0. The SMILES string of the molecule is N#CCSc1ccccc1NC(=O)CN1CCC(OCCN2CCCC2)C1. The molecular weight excluding hydrogens is 360 g/mol. The van der Waals surface area contributed by atoms with Crippen molar-refractivity contribution in [3.05, 3.63) is 24.3 Å². The van der Waals surface area contributed by atoms with Gasteiger partial charge in [0.15, 0.2) is 0 Å². The Bertz CT molecular complexity index is 658. The van der Waals surface area contributed by atoms with E-state index in [0.717, 1.165) is 43.2 Å². The molecule has 0 aliphatic carbocycles. The second-order valence-electron chi connectivity index (χ2n) is 7.06. The third kappa shape index (κ3) is 6.51. The molecule has 0 spiro atoms. The molecule has 146 valence electrons. The summed E-state index contributed by atoms with van der Waals surface area (Å²) >= 11 is 1.44. The number of thioether (sulfide) groups is 1. The van der Waals surface area contributed by atoms with E-state index in [1.165, 1.54) is 37.7 Å². The van der Waals surface area contributed by atoms with Crippen molar-refractivity contribution in [2.75, 3.05) is 56.9 Å². The molecule has 1 amide bonds. The standard InChI is InChI=1S/C20H28N4O2S/c21-8-14-27-19-6-2-1-5-18(19)22-20(25)16-24-11-7-17(15-24)26-13-12-23-9-3-4-10-23/h1-2,5-6,17H,3-4,7,9-16H2,(H,22,25). The number of hydrogen-bond donors (Lipinski definition) is 1. The molecule has 3 rings (SSSR count). The van der Waals surface area contributed by atoms with E-state index in [1.54, 1.807) is 0 Å². The molecule has 1 aromatic rings. The third-order valence-corrected chi connectivity index (χ3v) is 5.95. The van der Waals surface area contributed by atoms with Crippen molar-refractivity contribution in [1.29, 1.82) is 5.26 Å². The van der Waals surface area contributed by atoms with E-state index >= 15 is 0 Å². The van der Waals surface area contributed by atoms with Crippen LogP contribution in [0.1, 0.15) is 19.3 Å². The maximum Gasteiger partial charge on any atom is 0.238 e. The Morgan fingerprint density at radius 2 is 2.07 bits per heavy atom. The van der Waals surface area contributed by atoms with Gasteiger partial charge in [-0.3, -0.25) is 9.69 Å². The smallest absolute Gasteiger partial charge is 0.238 e. The van der Waals surface area contributed by atoms with Gasteiger partial charge in [-0.1, -0.05) is 12.1 Å². The number of carbonyl (C=O) groups excluding carboxylic acids is 1. The number of anilines is 1. The maximum absolute atomic E-state index is 12.4. The number of benzene rings is 1. The van der Waals surface area contributed by atoms with E-state index in [4.69, 9.17) is 10.00 Å². The molecule has 6 nitrogen and oxygen atoms in total. The highest BCUT2D eigenvalue weighted by atomic mass is 32.2. The minimum Gasteiger partial charge on any atom is -0.376 e. The van der Waals surface area contributed by atoms with Gasteiger partial charge in [0.25, 0.3) is 0 Å². The van der Waals surface area contributed by atoms with Crippen molar-refractivity contribution in [2.45, 2.75) is 30.3 Å². The Labute approximate surface area is 165 Å². The van der Waals surface area contributed by atoms with Crippen LogP contribution in [0.4, 0.5) is 5.69 Å². The summed E-state index contributed by atoms with van der Waals surface area (Å²) in [6.07, 6.45) is 3.84. The zero-order valence-corrected chi connectivity index (χ0v) is 16.5. The predicted molar refractivity (Wildman–Crippen MR) is 108 cm³/mol. The quantitative estimate of drug-likeness (QED) is 0.656. The maximum atomic E-state index is 12.4. The molecule has 2 heterocycles. The summed E-state index contributed by atoms with van der Waals surface area (Å²) in [5, 5.41) is 11.7. The Balaban J connectivity index is 1.38. The molecule has 1 unspecified atom stereocenters. The van der Waals surface area contributed by atoms with Crippen LogP contribution in [0.15, 0.2) is 29.2 Å². The van der Waals surface area contributed by atoms with Crippen LogP contribution in [0.3, 0.4) is 0 Å². The molecule has 2 aliphatic rings. The third-order valence-electron chi connectivity index (χ3n) is 5.01. The molecule has 0 bridgehead atoms. The molecule has 1 atom stereocenters. The monoisotopic (exact) mass is 388 g/mol. The van der Waals surface area contributed by atoms with Crippen LogP contribution in [-0.4, -0.2) is 73.4 Å². The number of amides is 1. The van der Waals surface area contributed by atoms with E-state index in [2.05, 4.69) is 21.2 Å². The van der Waals surface area contributed by atoms with Crippen molar-refractivity contribution in [3.8, 4) is 6.07 Å². The Kier molecular flexibility index (Phi) is 7.96. The highest BCUT2D eigenvalue weighted by Gasteiger charge is 2.25. The van der Waals surface area contributed by atoms with Crippen LogP contribution >= 0.6 is 11.8 Å². The van der Waals surface area contributed by atoms with Crippen molar-refractivity contribution in [2.24, 2.45) is 0 Å². The van der Waals surface area contributed by atoms with Crippen molar-refractivity contribution < 1.29 is 9.53 Å². The van der Waals surface area contributed by atoms with Crippen LogP contribution < -0.4 is 5.32 Å². The fourth-order valence-electron chi connectivity index (χ4n) is 3.63. The Morgan fingerprint density at radius 3 is 2.89 bits per heavy atom. The zero-order chi connectivity index (χ0) is 18.9. The molecule has 1 aromatic carbocycles. The largest absolute Gasteiger partial charge is 0.376 e. The van der Waals surface area contributed by atoms with Crippen molar-refractivity contribution >= 4 is 23.4 Å². The molecule has 1 N–H and O–H groups in total. The van der Waals surface area contributed by atoms with E-state index in [1.807, 2.05) is 24.3 Å². The van der Waals surface area contributed by atoms with Gasteiger partial charge in [0.05, 0.1) is 36.8 Å². The lowest BCUT2D eigenvalue weighted by atomic mass is 10.3. The summed E-state index contributed by atoms with van der Waals surface area (Å²) in [6, 6.07) is 9.74. The average Bonchev–Trinajstić information content (AvgIpc) is 3.33. The molecule has 0 saturated carbocycles. The normalized spacial score (nSPS) is 20.6. The van der Waals surface area contributed by atoms with E-state index in [0.29, 0.717) is 12.3 Å². The lowest BCUT2D eigenvalue weighted by molar-refractivity contribution is -0.117. The van der Waals surface area contributed by atoms with Crippen LogP contribution in [0.25, 0.3) is 0 Å². The molecule has 0 aromatic heterocycles. The summed E-state index contributed by atoms with van der Waals surface area (Å²) < 4.78 is 6.01. The number of rotatable bonds is 9. The van der Waals surface area contributed by atoms with Crippen molar-refractivity contribution in [1.82, 2.24) is 9.80 Å². The van der Waals surface area contributed by atoms with Gasteiger partial charge in [0, 0.05) is 24.5 Å². The van der Waals surface area contributed by atoms with Crippen LogP contribution in [-0.2, 0) is 9.53 Å². The number of carbonyl (C=O) groups is 1. The van der Waals surface area contributed by atoms with Crippen LogP contribution in [0, 0.1) is 11.3 Å². The Hall–Kier alpha value is -1.59. The molecule has 2 saturated heterocycles. The van der Waals surface area contributed by atoms with Gasteiger partial charge >= 0.3 is 0 Å². The number of para-hydroxylation sites is 1. The molecule has 0 radical (unpaired) electrons. The minimum atomic E-state index is -0.0160. The fraction of sp³-hybridized carbons (Fsp3) is 0.600. The summed E-state index contributed by atoms with van der Waals surface area (Å²) in [5.74, 6) is 0.354. The van der Waals surface area contributed by atoms with Gasteiger partial charge in [-0.2, -0.15) is 5.26 Å². The lowest BCUT2D eigenvalue weighted by Crippen LogP contribution is -2.33. The topological polar surface area (TPSA) is 68.6 Å². The first-order valence-corrected chi connectivity index (χ1v) is 10.7. The van der Waals surface area contributed by atoms with E-state index < -0.39 is 0 Å². The number of nitrogens with one attached hydrogen (secondary N) is 1. The van der Waals surface area contributed by atoms with E-state index in [9.17, 15) is 4.79 Å². The van der Waals surface area contributed by atoms with Gasteiger partial charge in [-0.25, -0.2) is 0 Å². The van der Waals surface area contributed by atoms with Crippen LogP contribution in [0.2, 0.25) is 0 Å². The second kappa shape index (κ2) is 10.7. The first-order valence-electron chi connectivity index (χ1n) is 9.69. The summed E-state index contributed by atoms with van der Waals surface area (Å²) in [7, 11) is 0. The fourth-order valence-corrected chi connectivity index (χ4v) is 4.30. The zero-order valence-electron chi connectivity index (χ0n) is 15.7. The minimum absolute atomic E-state index is 0.0160. The number of likely N-dealkylation sites (tertiary alicyclic amines) is 2. The van der Waals surface area contributed by atoms with Gasteiger partial charge in [-0.05, 0) is 44.5 Å². The average molecular weight is 389 g/mol. The lowest BCUT2D eigenvalue weighted by Gasteiger charge is -2.18. The van der Waals surface area contributed by atoms with E-state index in [-0.39, 0.29) is 12.0 Å². The molecular formula is C20H28N4O2S. The van der Waals surface area contributed by atoms with Crippen LogP contribution in [0.5, 0.6) is 0 Å². The second-order valence-corrected chi connectivity index (χ2v) is 8.07. The molecule has 2 aliphatic heterocycles. The summed E-state index contributed by atoms with van der Waals surface area (Å²) in [6.45, 7) is 6.30. The van der Waals surface area contributed by atoms with Gasteiger partial charge in [-0.15, -0.1) is 11.8 Å². The molecule has 27 heavy (non-hydrogen) atoms. The molecule has 7 heteroatoms. The number of ether oxygens (including phenoxy) is 1.